The molecule has 4 nitrogen and oxygen atoms in total. The fourth-order valence-electron chi connectivity index (χ4n) is 8.91. The van der Waals surface area contributed by atoms with Crippen LogP contribution in [0, 0.1) is 0 Å². The third kappa shape index (κ3) is 6.18. The predicted molar refractivity (Wildman–Crippen MR) is 260 cm³/mol. The van der Waals surface area contributed by atoms with Crippen molar-refractivity contribution in [3.8, 4) is 73.2 Å². The van der Waals surface area contributed by atoms with E-state index in [-0.39, 0.29) is 0 Å². The molecule has 0 unspecified atom stereocenters. The zero-order valence-corrected chi connectivity index (χ0v) is 34.3. The van der Waals surface area contributed by atoms with Crippen molar-refractivity contribution in [2.45, 2.75) is 0 Å². The van der Waals surface area contributed by atoms with E-state index < -0.39 is 0 Å². The largest absolute Gasteiger partial charge is 0.308 e. The second-order valence-corrected chi connectivity index (χ2v) is 16.7. The van der Waals surface area contributed by atoms with E-state index in [2.05, 4.69) is 205 Å². The summed E-state index contributed by atoms with van der Waals surface area (Å²) in [5.41, 5.74) is 12.6. The van der Waals surface area contributed by atoms with E-state index >= 15 is 0 Å². The second kappa shape index (κ2) is 14.9. The van der Waals surface area contributed by atoms with Crippen molar-refractivity contribution < 1.29 is 0 Å². The molecule has 0 radical (unpaired) electrons. The van der Waals surface area contributed by atoms with Gasteiger partial charge >= 0.3 is 0 Å². The molecular weight excluding hydrogens is 773 g/mol. The topological polar surface area (TPSA) is 43.6 Å². The van der Waals surface area contributed by atoms with Gasteiger partial charge in [-0.1, -0.05) is 182 Å². The van der Waals surface area contributed by atoms with E-state index in [0.717, 1.165) is 61.2 Å². The first kappa shape index (κ1) is 35.9. The van der Waals surface area contributed by atoms with Gasteiger partial charge in [-0.25, -0.2) is 15.0 Å². The molecule has 0 amide bonds. The summed E-state index contributed by atoms with van der Waals surface area (Å²) in [4.78, 5) is 16.0. The average molecular weight is 809 g/mol. The fraction of sp³-hybridized carbons (Fsp3) is 0. The lowest BCUT2D eigenvalue weighted by Gasteiger charge is -2.20. The smallest absolute Gasteiger partial charge is 0.166 e. The molecule has 0 aliphatic rings. The van der Waals surface area contributed by atoms with Crippen molar-refractivity contribution in [3.05, 3.63) is 218 Å². The van der Waals surface area contributed by atoms with Crippen molar-refractivity contribution in [1.29, 1.82) is 0 Å². The van der Waals surface area contributed by atoms with E-state index in [4.69, 9.17) is 15.0 Å². The Hall–Kier alpha value is -7.99. The van der Waals surface area contributed by atoms with Crippen LogP contribution in [0.1, 0.15) is 0 Å². The van der Waals surface area contributed by atoms with Crippen molar-refractivity contribution >= 4 is 53.3 Å². The molecule has 0 saturated heterocycles. The van der Waals surface area contributed by atoms with E-state index in [0.29, 0.717) is 17.5 Å². The van der Waals surface area contributed by atoms with Gasteiger partial charge in [0.1, 0.15) is 0 Å². The first-order chi connectivity index (χ1) is 30.7. The maximum atomic E-state index is 5.45. The minimum atomic E-state index is 0.600. The Kier molecular flexibility index (Phi) is 8.65. The highest BCUT2D eigenvalue weighted by Crippen LogP contribution is 2.44. The molecule has 0 N–H and O–H groups in total. The minimum Gasteiger partial charge on any atom is -0.308 e. The summed E-state index contributed by atoms with van der Waals surface area (Å²) in [6, 6.07) is 77.5. The van der Waals surface area contributed by atoms with Crippen LogP contribution in [0.15, 0.2) is 218 Å². The lowest BCUT2D eigenvalue weighted by Crippen LogP contribution is -2.06. The Morgan fingerprint density at radius 2 is 0.774 bits per heavy atom. The minimum absolute atomic E-state index is 0.600. The summed E-state index contributed by atoms with van der Waals surface area (Å²) in [7, 11) is 0. The fourth-order valence-corrected chi connectivity index (χ4v) is 10.1. The summed E-state index contributed by atoms with van der Waals surface area (Å²) in [6.45, 7) is 0. The van der Waals surface area contributed by atoms with Gasteiger partial charge < -0.3 is 4.57 Å². The normalized spacial score (nSPS) is 11.5. The third-order valence-corrected chi connectivity index (χ3v) is 13.0. The standard InChI is InChI=1S/C57H36N4S/c1-4-16-37(17-5-1)43-34-48(39-18-6-2-7-19-39)54(51(35-43)61-49-25-13-10-22-44(49)45-23-11-14-26-50(45)61)57-59-55(40-20-8-3-9-21-40)58-56(60-57)41-30-28-38(29-31-41)42-32-33-47-46-24-12-15-27-52(46)62-53(47)36-42/h1-36H. The molecule has 0 spiro atoms. The number of benzene rings is 9. The number of thiophene rings is 1. The SMILES string of the molecule is c1ccc(-c2cc(-c3ccccc3)c(-c3nc(-c4ccccc4)nc(-c4ccc(-c5ccc6c(c5)sc5ccccc56)cc4)n3)c(-n3c4ccccc4c4ccccc43)c2)cc1. The zero-order chi connectivity index (χ0) is 41.0. The Balaban J connectivity index is 1.11. The molecule has 0 aliphatic carbocycles. The number of nitrogens with zero attached hydrogens (tertiary/aromatic N) is 4. The molecular formula is C57H36N4S. The maximum absolute atomic E-state index is 5.45. The molecule has 0 aliphatic heterocycles. The van der Waals surface area contributed by atoms with Gasteiger partial charge in [0.2, 0.25) is 0 Å². The zero-order valence-electron chi connectivity index (χ0n) is 33.5. The van der Waals surface area contributed by atoms with Gasteiger partial charge in [-0.3, -0.25) is 0 Å². The highest BCUT2D eigenvalue weighted by Gasteiger charge is 2.24. The summed E-state index contributed by atoms with van der Waals surface area (Å²) in [5.74, 6) is 1.83. The van der Waals surface area contributed by atoms with E-state index in [1.54, 1.807) is 0 Å². The molecule has 9 aromatic carbocycles. The molecule has 290 valence electrons. The first-order valence-corrected chi connectivity index (χ1v) is 21.7. The number of hydrogen-bond acceptors (Lipinski definition) is 4. The van der Waals surface area contributed by atoms with Crippen molar-refractivity contribution in [1.82, 2.24) is 19.5 Å². The summed E-state index contributed by atoms with van der Waals surface area (Å²) in [6.07, 6.45) is 0. The summed E-state index contributed by atoms with van der Waals surface area (Å²) < 4.78 is 4.99. The van der Waals surface area contributed by atoms with Gasteiger partial charge in [-0.05, 0) is 69.8 Å². The molecule has 3 aromatic heterocycles. The van der Waals surface area contributed by atoms with E-state index in [1.165, 1.54) is 36.5 Å². The van der Waals surface area contributed by atoms with Crippen LogP contribution >= 0.6 is 11.3 Å². The molecule has 0 saturated carbocycles. The summed E-state index contributed by atoms with van der Waals surface area (Å²) in [5, 5.41) is 4.98. The van der Waals surface area contributed by atoms with Crippen molar-refractivity contribution in [3.63, 3.8) is 0 Å². The number of para-hydroxylation sites is 2. The summed E-state index contributed by atoms with van der Waals surface area (Å²) >= 11 is 1.84. The lowest BCUT2D eigenvalue weighted by atomic mass is 9.92. The third-order valence-electron chi connectivity index (χ3n) is 11.9. The number of fused-ring (bicyclic) bond motifs is 6. The van der Waals surface area contributed by atoms with Crippen LogP contribution in [0.25, 0.3) is 115 Å². The lowest BCUT2D eigenvalue weighted by molar-refractivity contribution is 1.07. The van der Waals surface area contributed by atoms with Gasteiger partial charge in [0, 0.05) is 42.1 Å². The van der Waals surface area contributed by atoms with Gasteiger partial charge in [0.05, 0.1) is 22.3 Å². The molecule has 62 heavy (non-hydrogen) atoms. The van der Waals surface area contributed by atoms with Gasteiger partial charge in [-0.15, -0.1) is 11.3 Å². The quantitative estimate of drug-likeness (QED) is 0.161. The molecule has 12 aromatic rings. The van der Waals surface area contributed by atoms with Crippen molar-refractivity contribution in [2.75, 3.05) is 0 Å². The second-order valence-electron chi connectivity index (χ2n) is 15.6. The Morgan fingerprint density at radius 3 is 1.44 bits per heavy atom. The molecule has 0 fully saturated rings. The molecule has 3 heterocycles. The van der Waals surface area contributed by atoms with Crippen LogP contribution < -0.4 is 0 Å². The Bertz CT molecular complexity index is 3560. The number of hydrogen-bond donors (Lipinski definition) is 0. The van der Waals surface area contributed by atoms with E-state index in [9.17, 15) is 0 Å². The Morgan fingerprint density at radius 1 is 0.306 bits per heavy atom. The number of rotatable bonds is 7. The molecule has 5 heteroatoms. The number of aromatic nitrogens is 4. The molecule has 0 bridgehead atoms. The monoisotopic (exact) mass is 808 g/mol. The van der Waals surface area contributed by atoms with Crippen molar-refractivity contribution in [2.24, 2.45) is 0 Å². The van der Waals surface area contributed by atoms with Crippen LogP contribution in [0.2, 0.25) is 0 Å². The highest BCUT2D eigenvalue weighted by atomic mass is 32.1. The van der Waals surface area contributed by atoms with Crippen LogP contribution in [-0.4, -0.2) is 19.5 Å². The van der Waals surface area contributed by atoms with Crippen LogP contribution in [0.5, 0.6) is 0 Å². The van der Waals surface area contributed by atoms with Gasteiger partial charge in [0.15, 0.2) is 17.5 Å². The highest BCUT2D eigenvalue weighted by molar-refractivity contribution is 7.25. The van der Waals surface area contributed by atoms with Gasteiger partial charge in [-0.2, -0.15) is 0 Å². The van der Waals surface area contributed by atoms with Gasteiger partial charge in [0.25, 0.3) is 0 Å². The van der Waals surface area contributed by atoms with Crippen LogP contribution in [-0.2, 0) is 0 Å². The first-order valence-electron chi connectivity index (χ1n) is 20.8. The molecule has 0 atom stereocenters. The molecule has 12 rings (SSSR count). The van der Waals surface area contributed by atoms with E-state index in [1.807, 2.05) is 29.5 Å². The Labute approximate surface area is 362 Å². The average Bonchev–Trinajstić information content (AvgIpc) is 3.90. The van der Waals surface area contributed by atoms with Crippen LogP contribution in [0.4, 0.5) is 0 Å². The van der Waals surface area contributed by atoms with Crippen LogP contribution in [0.3, 0.4) is 0 Å². The predicted octanol–water partition coefficient (Wildman–Crippen LogP) is 15.3. The maximum Gasteiger partial charge on any atom is 0.166 e.